The quantitative estimate of drug-likeness (QED) is 0.849. The molecule has 2 aromatic carbocycles. The molecule has 5 heteroatoms. The van der Waals surface area contributed by atoms with Gasteiger partial charge in [0.25, 0.3) is 0 Å². The van der Waals surface area contributed by atoms with Crippen LogP contribution in [-0.2, 0) is 11.2 Å². The summed E-state index contributed by atoms with van der Waals surface area (Å²) < 4.78 is 0. The lowest BCUT2D eigenvalue weighted by molar-refractivity contribution is -0.116. The van der Waals surface area contributed by atoms with Gasteiger partial charge in [0.1, 0.15) is 6.54 Å². The number of nitrogens with one attached hydrogen (secondary N) is 2. The summed E-state index contributed by atoms with van der Waals surface area (Å²) in [7, 11) is 1.61. The molecule has 0 bridgehead atoms. The Morgan fingerprint density at radius 2 is 1.72 bits per heavy atom. The molecule has 0 heterocycles. The zero-order valence-corrected chi connectivity index (χ0v) is 15.0. The third kappa shape index (κ3) is 5.64. The highest BCUT2D eigenvalue weighted by atomic mass is 16.2. The van der Waals surface area contributed by atoms with E-state index >= 15 is 0 Å². The van der Waals surface area contributed by atoms with Gasteiger partial charge in [-0.3, -0.25) is 4.79 Å². The van der Waals surface area contributed by atoms with Crippen LogP contribution in [0.3, 0.4) is 0 Å². The van der Waals surface area contributed by atoms with Crippen LogP contribution < -0.4 is 10.6 Å². The fourth-order valence-electron chi connectivity index (χ4n) is 2.46. The number of benzene rings is 2. The molecule has 2 N–H and O–H groups in total. The molecule has 0 aliphatic carbocycles. The summed E-state index contributed by atoms with van der Waals surface area (Å²) in [4.78, 5) is 25.6. The van der Waals surface area contributed by atoms with Gasteiger partial charge in [0.2, 0.25) is 5.91 Å². The first-order valence-corrected chi connectivity index (χ1v) is 8.36. The van der Waals surface area contributed by atoms with Gasteiger partial charge in [0.05, 0.1) is 0 Å². The number of nitrogens with zero attached hydrogens (tertiary/aromatic N) is 1. The first-order chi connectivity index (χ1) is 12.0. The van der Waals surface area contributed by atoms with Crippen LogP contribution in [0.25, 0.3) is 0 Å². The first kappa shape index (κ1) is 18.5. The van der Waals surface area contributed by atoms with E-state index in [0.717, 1.165) is 28.8 Å². The minimum atomic E-state index is -0.257. The standard InChI is InChI=1S/C20H25N3O2/c1-15-8-7-11-18(16(15)2)22-19(24)14-23(3)20(25)21-13-12-17-9-5-4-6-10-17/h4-11H,12-14H2,1-3H3,(H,21,25)(H,22,24). The third-order valence-corrected chi connectivity index (χ3v) is 4.14. The molecule has 0 unspecified atom stereocenters. The molecule has 5 nitrogen and oxygen atoms in total. The number of carbonyl (C=O) groups is 2. The zero-order chi connectivity index (χ0) is 18.2. The van der Waals surface area contributed by atoms with Crippen molar-refractivity contribution >= 4 is 17.6 Å². The summed E-state index contributed by atoms with van der Waals surface area (Å²) in [5, 5.41) is 5.69. The summed E-state index contributed by atoms with van der Waals surface area (Å²) in [6.45, 7) is 4.50. The Kier molecular flexibility index (Phi) is 6.57. The summed E-state index contributed by atoms with van der Waals surface area (Å²) in [6.07, 6.45) is 0.759. The maximum atomic E-state index is 12.2. The van der Waals surface area contributed by atoms with E-state index in [0.29, 0.717) is 6.54 Å². The lowest BCUT2D eigenvalue weighted by Crippen LogP contribution is -2.42. The monoisotopic (exact) mass is 339 g/mol. The normalized spacial score (nSPS) is 10.2. The number of urea groups is 1. The van der Waals surface area contributed by atoms with Gasteiger partial charge in [-0.2, -0.15) is 0 Å². The third-order valence-electron chi connectivity index (χ3n) is 4.14. The topological polar surface area (TPSA) is 61.4 Å². The Balaban J connectivity index is 1.78. The van der Waals surface area contributed by atoms with E-state index < -0.39 is 0 Å². The number of rotatable bonds is 6. The van der Waals surface area contributed by atoms with Crippen molar-refractivity contribution in [3.8, 4) is 0 Å². The number of amides is 3. The van der Waals surface area contributed by atoms with Crippen molar-refractivity contribution in [2.24, 2.45) is 0 Å². The molecule has 0 aliphatic heterocycles. The number of hydrogen-bond donors (Lipinski definition) is 2. The minimum absolute atomic E-state index is 0.00452. The second-order valence-corrected chi connectivity index (χ2v) is 6.12. The molecule has 0 aromatic heterocycles. The van der Waals surface area contributed by atoms with Crippen LogP contribution in [0, 0.1) is 13.8 Å². The summed E-state index contributed by atoms with van der Waals surface area (Å²) in [5.41, 5.74) is 4.09. The van der Waals surface area contributed by atoms with Crippen molar-refractivity contribution in [2.45, 2.75) is 20.3 Å². The Morgan fingerprint density at radius 1 is 1.00 bits per heavy atom. The highest BCUT2D eigenvalue weighted by Gasteiger charge is 2.13. The van der Waals surface area contributed by atoms with Gasteiger partial charge in [-0.15, -0.1) is 0 Å². The maximum Gasteiger partial charge on any atom is 0.317 e. The second kappa shape index (κ2) is 8.87. The average Bonchev–Trinajstić information content (AvgIpc) is 2.59. The van der Waals surface area contributed by atoms with Crippen LogP contribution in [0.1, 0.15) is 16.7 Å². The number of aryl methyl sites for hydroxylation is 1. The van der Waals surface area contributed by atoms with E-state index in [-0.39, 0.29) is 18.5 Å². The SMILES string of the molecule is Cc1cccc(NC(=O)CN(C)C(=O)NCCc2ccccc2)c1C. The summed E-state index contributed by atoms with van der Waals surface area (Å²) in [6, 6.07) is 15.5. The van der Waals surface area contributed by atoms with E-state index in [2.05, 4.69) is 10.6 Å². The Labute approximate surface area is 149 Å². The van der Waals surface area contributed by atoms with Crippen molar-refractivity contribution < 1.29 is 9.59 Å². The lowest BCUT2D eigenvalue weighted by atomic mass is 10.1. The predicted octanol–water partition coefficient (Wildman–Crippen LogP) is 3.13. The molecule has 132 valence electrons. The van der Waals surface area contributed by atoms with Gasteiger partial charge in [-0.25, -0.2) is 4.79 Å². The molecule has 2 aromatic rings. The summed E-state index contributed by atoms with van der Waals surface area (Å²) in [5.74, 6) is -0.214. The van der Waals surface area contributed by atoms with Crippen molar-refractivity contribution in [2.75, 3.05) is 25.5 Å². The van der Waals surface area contributed by atoms with Gasteiger partial charge in [-0.05, 0) is 43.0 Å². The number of hydrogen-bond acceptors (Lipinski definition) is 2. The molecule has 0 atom stereocenters. The number of carbonyl (C=O) groups excluding carboxylic acids is 2. The molecule has 0 aliphatic rings. The van der Waals surface area contributed by atoms with Gasteiger partial charge in [0, 0.05) is 19.3 Å². The maximum absolute atomic E-state index is 12.2. The molecule has 0 fully saturated rings. The van der Waals surface area contributed by atoms with Crippen LogP contribution in [0.5, 0.6) is 0 Å². The van der Waals surface area contributed by atoms with Gasteiger partial charge in [-0.1, -0.05) is 42.5 Å². The summed E-state index contributed by atoms with van der Waals surface area (Å²) >= 11 is 0. The van der Waals surface area contributed by atoms with Crippen LogP contribution in [0.2, 0.25) is 0 Å². The van der Waals surface area contributed by atoms with Crippen LogP contribution in [0.4, 0.5) is 10.5 Å². The largest absolute Gasteiger partial charge is 0.338 e. The molecule has 25 heavy (non-hydrogen) atoms. The van der Waals surface area contributed by atoms with Crippen molar-refractivity contribution in [3.05, 3.63) is 65.2 Å². The lowest BCUT2D eigenvalue weighted by Gasteiger charge is -2.18. The average molecular weight is 339 g/mol. The molecule has 0 radical (unpaired) electrons. The van der Waals surface area contributed by atoms with E-state index in [1.165, 1.54) is 4.90 Å². The van der Waals surface area contributed by atoms with E-state index in [1.54, 1.807) is 7.05 Å². The zero-order valence-electron chi connectivity index (χ0n) is 15.0. The molecule has 0 saturated heterocycles. The highest BCUT2D eigenvalue weighted by Crippen LogP contribution is 2.17. The van der Waals surface area contributed by atoms with E-state index in [9.17, 15) is 9.59 Å². The smallest absolute Gasteiger partial charge is 0.317 e. The second-order valence-electron chi connectivity index (χ2n) is 6.12. The minimum Gasteiger partial charge on any atom is -0.338 e. The molecular formula is C20H25N3O2. The predicted molar refractivity (Wildman–Crippen MR) is 101 cm³/mol. The van der Waals surface area contributed by atoms with Crippen LogP contribution in [0.15, 0.2) is 48.5 Å². The van der Waals surface area contributed by atoms with Gasteiger partial charge >= 0.3 is 6.03 Å². The Hall–Kier alpha value is -2.82. The van der Waals surface area contributed by atoms with E-state index in [4.69, 9.17) is 0 Å². The van der Waals surface area contributed by atoms with Crippen molar-refractivity contribution in [1.82, 2.24) is 10.2 Å². The number of likely N-dealkylation sites (N-methyl/N-ethyl adjacent to an activating group) is 1. The van der Waals surface area contributed by atoms with Gasteiger partial charge < -0.3 is 15.5 Å². The molecule has 0 saturated carbocycles. The first-order valence-electron chi connectivity index (χ1n) is 8.36. The number of anilines is 1. The Bertz CT molecular complexity index is 729. The molecular weight excluding hydrogens is 314 g/mol. The van der Waals surface area contributed by atoms with Crippen molar-refractivity contribution in [3.63, 3.8) is 0 Å². The fraction of sp³-hybridized carbons (Fsp3) is 0.300. The Morgan fingerprint density at radius 3 is 2.44 bits per heavy atom. The highest BCUT2D eigenvalue weighted by molar-refractivity contribution is 5.95. The van der Waals surface area contributed by atoms with Gasteiger partial charge in [0.15, 0.2) is 0 Å². The fourth-order valence-corrected chi connectivity index (χ4v) is 2.46. The molecule has 2 rings (SSSR count). The van der Waals surface area contributed by atoms with Crippen LogP contribution in [-0.4, -0.2) is 37.0 Å². The molecule has 3 amide bonds. The van der Waals surface area contributed by atoms with E-state index in [1.807, 2.05) is 62.4 Å². The van der Waals surface area contributed by atoms with Crippen LogP contribution >= 0.6 is 0 Å². The van der Waals surface area contributed by atoms with Crippen molar-refractivity contribution in [1.29, 1.82) is 0 Å². The molecule has 0 spiro atoms.